The van der Waals surface area contributed by atoms with Gasteiger partial charge in [-0.15, -0.1) is 0 Å². The molecule has 0 radical (unpaired) electrons. The summed E-state index contributed by atoms with van der Waals surface area (Å²) in [6.07, 6.45) is 1.49. The van der Waals surface area contributed by atoms with Crippen LogP contribution in [0.4, 0.5) is 4.79 Å². The number of halogens is 3. The summed E-state index contributed by atoms with van der Waals surface area (Å²) >= 11 is 13.5. The Morgan fingerprint density at radius 2 is 1.93 bits per heavy atom. The number of imide groups is 1. The predicted octanol–water partition coefficient (Wildman–Crippen LogP) is 6.21. The van der Waals surface area contributed by atoms with E-state index in [1.165, 1.54) is 6.08 Å². The quantitative estimate of drug-likeness (QED) is 0.451. The largest absolute Gasteiger partial charge is 0.504 e. The van der Waals surface area contributed by atoms with Crippen molar-refractivity contribution in [2.75, 3.05) is 6.61 Å². The molecule has 1 saturated heterocycles. The highest BCUT2D eigenvalue weighted by Gasteiger charge is 2.35. The average molecular weight is 548 g/mol. The van der Waals surface area contributed by atoms with E-state index in [2.05, 4.69) is 31.9 Å². The third-order valence-electron chi connectivity index (χ3n) is 3.90. The summed E-state index contributed by atoms with van der Waals surface area (Å²) in [5, 5.41) is 10.7. The minimum absolute atomic E-state index is 0.110. The molecule has 1 heterocycles. The van der Waals surface area contributed by atoms with Crippen molar-refractivity contribution in [2.24, 2.45) is 0 Å². The number of benzene rings is 2. The molecule has 2 amide bonds. The minimum Gasteiger partial charge on any atom is -0.504 e. The first-order valence-electron chi connectivity index (χ1n) is 8.15. The third kappa shape index (κ3) is 4.40. The second kappa shape index (κ2) is 8.90. The van der Waals surface area contributed by atoms with Crippen LogP contribution in [0.15, 0.2) is 44.2 Å². The lowest BCUT2D eigenvalue weighted by atomic mass is 10.1. The van der Waals surface area contributed by atoms with Gasteiger partial charge in [0.15, 0.2) is 11.5 Å². The topological polar surface area (TPSA) is 66.8 Å². The van der Waals surface area contributed by atoms with Crippen LogP contribution in [-0.4, -0.2) is 27.8 Å². The van der Waals surface area contributed by atoms with Gasteiger partial charge in [0.25, 0.3) is 11.1 Å². The predicted molar refractivity (Wildman–Crippen MR) is 118 cm³/mol. The molecular formula is C19H14Br2ClNO4S. The van der Waals surface area contributed by atoms with Crippen molar-refractivity contribution in [1.29, 1.82) is 0 Å². The Morgan fingerprint density at radius 1 is 1.25 bits per heavy atom. The average Bonchev–Trinajstić information content (AvgIpc) is 2.92. The van der Waals surface area contributed by atoms with Gasteiger partial charge < -0.3 is 9.84 Å². The lowest BCUT2D eigenvalue weighted by Gasteiger charge is -2.13. The van der Waals surface area contributed by atoms with Crippen LogP contribution in [0, 0.1) is 0 Å². The molecule has 0 bridgehead atoms. The molecule has 9 heteroatoms. The molecular weight excluding hydrogens is 534 g/mol. The van der Waals surface area contributed by atoms with Gasteiger partial charge in [0, 0.05) is 19.5 Å². The fourth-order valence-electron chi connectivity index (χ4n) is 2.55. The van der Waals surface area contributed by atoms with Gasteiger partial charge in [-0.05, 0) is 80.4 Å². The minimum atomic E-state index is -0.422. The van der Waals surface area contributed by atoms with Crippen molar-refractivity contribution < 1.29 is 19.4 Å². The van der Waals surface area contributed by atoms with Gasteiger partial charge in [-0.25, -0.2) is 0 Å². The molecule has 0 spiro atoms. The number of phenolic OH excluding ortho intramolecular Hbond substituents is 1. The summed E-state index contributed by atoms with van der Waals surface area (Å²) in [5.74, 6) is -0.250. The summed E-state index contributed by atoms with van der Waals surface area (Å²) in [5.41, 5.74) is 1.15. The molecule has 5 nitrogen and oxygen atoms in total. The molecule has 2 aromatic carbocycles. The monoisotopic (exact) mass is 545 g/mol. The molecule has 0 saturated carbocycles. The molecule has 0 aliphatic carbocycles. The SMILES string of the molecule is CCOc1cc(Br)c(Br)c(/C=C2\SC(=O)N(Cc3ccc(Cl)cc3)C2=O)c1O. The van der Waals surface area contributed by atoms with E-state index < -0.39 is 5.91 Å². The maximum atomic E-state index is 12.8. The summed E-state index contributed by atoms with van der Waals surface area (Å²) < 4.78 is 6.63. The van der Waals surface area contributed by atoms with Crippen molar-refractivity contribution in [3.8, 4) is 11.5 Å². The van der Waals surface area contributed by atoms with Crippen LogP contribution in [0.2, 0.25) is 5.02 Å². The van der Waals surface area contributed by atoms with Crippen LogP contribution in [0.3, 0.4) is 0 Å². The Labute approximate surface area is 187 Å². The number of ether oxygens (including phenoxy) is 1. The number of thioether (sulfide) groups is 1. The highest BCUT2D eigenvalue weighted by Crippen LogP contribution is 2.43. The van der Waals surface area contributed by atoms with Gasteiger partial charge in [0.1, 0.15) is 0 Å². The smallest absolute Gasteiger partial charge is 0.293 e. The third-order valence-corrected chi connectivity index (χ3v) is 7.07. The van der Waals surface area contributed by atoms with Gasteiger partial charge >= 0.3 is 0 Å². The number of rotatable bonds is 5. The molecule has 2 aromatic rings. The zero-order valence-electron chi connectivity index (χ0n) is 14.5. The van der Waals surface area contributed by atoms with E-state index in [4.69, 9.17) is 16.3 Å². The number of hydrogen-bond acceptors (Lipinski definition) is 5. The molecule has 28 heavy (non-hydrogen) atoms. The van der Waals surface area contributed by atoms with Crippen LogP contribution in [0.1, 0.15) is 18.1 Å². The zero-order valence-corrected chi connectivity index (χ0v) is 19.3. The molecule has 0 atom stereocenters. The van der Waals surface area contributed by atoms with Gasteiger partial charge in [0.2, 0.25) is 0 Å². The standard InChI is InChI=1S/C19H14Br2ClNO4S/c1-2-27-14-8-13(20)16(21)12(17(14)24)7-15-18(25)23(19(26)28-15)9-10-3-5-11(22)6-4-10/h3-8,24H,2,9H2,1H3/b15-7-. The number of carbonyl (C=O) groups is 2. The summed E-state index contributed by atoms with van der Waals surface area (Å²) in [7, 11) is 0. The molecule has 1 aliphatic heterocycles. The summed E-state index contributed by atoms with van der Waals surface area (Å²) in [6.45, 7) is 2.32. The number of hydrogen-bond donors (Lipinski definition) is 1. The van der Waals surface area contributed by atoms with Crippen molar-refractivity contribution >= 4 is 72.4 Å². The Bertz CT molecular complexity index is 979. The van der Waals surface area contributed by atoms with E-state index in [1.54, 1.807) is 37.3 Å². The summed E-state index contributed by atoms with van der Waals surface area (Å²) in [4.78, 5) is 26.5. The number of aromatic hydroxyl groups is 1. The maximum absolute atomic E-state index is 12.8. The number of phenols is 1. The zero-order chi connectivity index (χ0) is 20.4. The molecule has 1 N–H and O–H groups in total. The number of carbonyl (C=O) groups excluding carboxylic acids is 2. The van der Waals surface area contributed by atoms with Gasteiger partial charge in [-0.1, -0.05) is 23.7 Å². The number of nitrogens with zero attached hydrogens (tertiary/aromatic N) is 1. The Morgan fingerprint density at radius 3 is 2.57 bits per heavy atom. The first-order chi connectivity index (χ1) is 13.3. The molecule has 1 aliphatic rings. The first-order valence-corrected chi connectivity index (χ1v) is 10.9. The van der Waals surface area contributed by atoms with Crippen LogP contribution in [-0.2, 0) is 11.3 Å². The Balaban J connectivity index is 1.92. The fourth-order valence-corrected chi connectivity index (χ4v) is 4.33. The summed E-state index contributed by atoms with van der Waals surface area (Å²) in [6, 6.07) is 8.57. The van der Waals surface area contributed by atoms with E-state index in [-0.39, 0.29) is 28.2 Å². The van der Waals surface area contributed by atoms with Gasteiger partial charge in [-0.2, -0.15) is 0 Å². The van der Waals surface area contributed by atoms with Crippen LogP contribution < -0.4 is 4.74 Å². The van der Waals surface area contributed by atoms with Crippen LogP contribution >= 0.6 is 55.2 Å². The van der Waals surface area contributed by atoms with Crippen molar-refractivity contribution in [1.82, 2.24) is 4.90 Å². The second-order valence-corrected chi connectivity index (χ2v) is 8.84. The van der Waals surface area contributed by atoms with E-state index in [9.17, 15) is 14.7 Å². The van der Waals surface area contributed by atoms with E-state index in [0.29, 0.717) is 26.1 Å². The van der Waals surface area contributed by atoms with Crippen molar-refractivity contribution in [3.63, 3.8) is 0 Å². The normalized spacial score (nSPS) is 15.6. The Kier molecular flexibility index (Phi) is 6.75. The lowest BCUT2D eigenvalue weighted by molar-refractivity contribution is -0.123. The highest BCUT2D eigenvalue weighted by atomic mass is 79.9. The fraction of sp³-hybridized carbons (Fsp3) is 0.158. The highest BCUT2D eigenvalue weighted by molar-refractivity contribution is 9.13. The maximum Gasteiger partial charge on any atom is 0.293 e. The molecule has 3 rings (SSSR count). The Hall–Kier alpha value is -1.48. The van der Waals surface area contributed by atoms with Crippen LogP contribution in [0.5, 0.6) is 11.5 Å². The second-order valence-electron chi connectivity index (χ2n) is 5.76. The van der Waals surface area contributed by atoms with E-state index in [0.717, 1.165) is 22.2 Å². The van der Waals surface area contributed by atoms with Crippen molar-refractivity contribution in [2.45, 2.75) is 13.5 Å². The first kappa shape index (κ1) is 21.2. The molecule has 0 aromatic heterocycles. The lowest BCUT2D eigenvalue weighted by Crippen LogP contribution is -2.27. The molecule has 1 fully saturated rings. The number of amides is 2. The van der Waals surface area contributed by atoms with E-state index in [1.807, 2.05) is 0 Å². The molecule has 146 valence electrons. The van der Waals surface area contributed by atoms with Crippen LogP contribution in [0.25, 0.3) is 6.08 Å². The van der Waals surface area contributed by atoms with Crippen molar-refractivity contribution in [3.05, 3.63) is 60.3 Å². The molecule has 0 unspecified atom stereocenters. The van der Waals surface area contributed by atoms with Gasteiger partial charge in [0.05, 0.1) is 18.1 Å². The van der Waals surface area contributed by atoms with Gasteiger partial charge in [-0.3, -0.25) is 14.5 Å². The van der Waals surface area contributed by atoms with E-state index >= 15 is 0 Å².